The van der Waals surface area contributed by atoms with Crippen LogP contribution >= 0.6 is 0 Å². The third kappa shape index (κ3) is 2.61. The zero-order valence-electron chi connectivity index (χ0n) is 14.2. The van der Waals surface area contributed by atoms with Crippen LogP contribution in [0.1, 0.15) is 36.3 Å². The van der Waals surface area contributed by atoms with Gasteiger partial charge >= 0.3 is 0 Å². The number of amides is 1. The number of carbonyl (C=O) groups excluding carboxylic acids is 1. The molecule has 0 spiro atoms. The summed E-state index contributed by atoms with van der Waals surface area (Å²) in [6.07, 6.45) is 3.87. The fourth-order valence-electron chi connectivity index (χ4n) is 3.16. The molecule has 0 radical (unpaired) electrons. The molecule has 0 saturated carbocycles. The van der Waals surface area contributed by atoms with Gasteiger partial charge in [0.1, 0.15) is 6.33 Å². The number of aromatic nitrogens is 4. The molecule has 1 amide bonds. The zero-order chi connectivity index (χ0) is 17.4. The van der Waals surface area contributed by atoms with E-state index in [-0.39, 0.29) is 30.2 Å². The van der Waals surface area contributed by atoms with Gasteiger partial charge < -0.3 is 10.2 Å². The molecule has 3 rings (SSSR count). The smallest absolute Gasteiger partial charge is 0.225 e. The maximum atomic E-state index is 14.4. The second kappa shape index (κ2) is 6.18. The van der Waals surface area contributed by atoms with Gasteiger partial charge in [-0.05, 0) is 13.3 Å². The molecule has 3 heterocycles. The third-order valence-electron chi connectivity index (χ3n) is 4.70. The van der Waals surface area contributed by atoms with E-state index < -0.39 is 5.82 Å². The minimum Gasteiger partial charge on any atom is -0.362 e. The van der Waals surface area contributed by atoms with Crippen LogP contribution in [0.25, 0.3) is 0 Å². The Morgan fingerprint density at radius 2 is 2.12 bits per heavy atom. The standard InChI is InChI=1S/C16H21FN6O/c1-5-11-14(17)16(19-8-18-11)21-12-6-13(24)22(3)15(12)10-7-20-23(4)9(10)2/h7-8,12,15H,5-6H2,1-4H3,(H,18,19,21)/t12-,15+/m1/s1. The summed E-state index contributed by atoms with van der Waals surface area (Å²) in [7, 11) is 3.62. The van der Waals surface area contributed by atoms with Crippen molar-refractivity contribution in [2.45, 2.75) is 38.8 Å². The van der Waals surface area contributed by atoms with Crippen LogP contribution in [-0.4, -0.2) is 43.6 Å². The molecule has 1 saturated heterocycles. The number of likely N-dealkylation sites (tertiary alicyclic amines) is 1. The van der Waals surface area contributed by atoms with Crippen LogP contribution in [0.4, 0.5) is 10.2 Å². The van der Waals surface area contributed by atoms with E-state index in [0.717, 1.165) is 11.3 Å². The van der Waals surface area contributed by atoms with Crippen molar-refractivity contribution in [2.75, 3.05) is 12.4 Å². The molecule has 0 unspecified atom stereocenters. The fourth-order valence-corrected chi connectivity index (χ4v) is 3.16. The van der Waals surface area contributed by atoms with E-state index in [9.17, 15) is 9.18 Å². The second-order valence-electron chi connectivity index (χ2n) is 6.05. The molecule has 0 aliphatic carbocycles. The van der Waals surface area contributed by atoms with Crippen molar-refractivity contribution in [1.82, 2.24) is 24.6 Å². The number of rotatable bonds is 4. The number of carbonyl (C=O) groups is 1. The van der Waals surface area contributed by atoms with Crippen molar-refractivity contribution in [1.29, 1.82) is 0 Å². The van der Waals surface area contributed by atoms with Crippen LogP contribution in [0.2, 0.25) is 0 Å². The molecule has 7 nitrogen and oxygen atoms in total. The molecule has 2 aromatic rings. The first-order chi connectivity index (χ1) is 11.4. The number of hydrogen-bond donors (Lipinski definition) is 1. The van der Waals surface area contributed by atoms with E-state index in [1.54, 1.807) is 22.8 Å². The quantitative estimate of drug-likeness (QED) is 0.920. The molecule has 0 bridgehead atoms. The van der Waals surface area contributed by atoms with Crippen LogP contribution in [0, 0.1) is 12.7 Å². The monoisotopic (exact) mass is 332 g/mol. The first-order valence-corrected chi connectivity index (χ1v) is 7.94. The predicted molar refractivity (Wildman–Crippen MR) is 86.9 cm³/mol. The van der Waals surface area contributed by atoms with Gasteiger partial charge in [0.2, 0.25) is 5.91 Å². The van der Waals surface area contributed by atoms with Crippen LogP contribution in [0.5, 0.6) is 0 Å². The lowest BCUT2D eigenvalue weighted by Crippen LogP contribution is -2.31. The van der Waals surface area contributed by atoms with Gasteiger partial charge in [-0.25, -0.2) is 14.4 Å². The highest BCUT2D eigenvalue weighted by atomic mass is 19.1. The van der Waals surface area contributed by atoms with Crippen molar-refractivity contribution in [3.8, 4) is 0 Å². The zero-order valence-corrected chi connectivity index (χ0v) is 14.2. The minimum absolute atomic E-state index is 0.00549. The van der Waals surface area contributed by atoms with Crippen LogP contribution in [0.15, 0.2) is 12.5 Å². The molecule has 2 aromatic heterocycles. The van der Waals surface area contributed by atoms with E-state index in [0.29, 0.717) is 12.1 Å². The molecule has 1 aliphatic rings. The largest absolute Gasteiger partial charge is 0.362 e. The SMILES string of the molecule is CCc1ncnc(N[C@@H]2CC(=O)N(C)[C@H]2c2cnn(C)c2C)c1F. The number of hydrogen-bond acceptors (Lipinski definition) is 5. The average Bonchev–Trinajstić information content (AvgIpc) is 3.02. The molecule has 8 heteroatoms. The Hall–Kier alpha value is -2.51. The van der Waals surface area contributed by atoms with Crippen molar-refractivity contribution in [2.24, 2.45) is 7.05 Å². The first-order valence-electron chi connectivity index (χ1n) is 7.94. The summed E-state index contributed by atoms with van der Waals surface area (Å²) < 4.78 is 16.2. The number of halogens is 1. The highest BCUT2D eigenvalue weighted by Gasteiger charge is 2.40. The lowest BCUT2D eigenvalue weighted by molar-refractivity contribution is -0.127. The Kier molecular flexibility index (Phi) is 4.21. The Morgan fingerprint density at radius 3 is 2.75 bits per heavy atom. The molecule has 24 heavy (non-hydrogen) atoms. The summed E-state index contributed by atoms with van der Waals surface area (Å²) in [6.45, 7) is 3.79. The molecule has 1 fully saturated rings. The maximum Gasteiger partial charge on any atom is 0.225 e. The molecular weight excluding hydrogens is 311 g/mol. The number of likely N-dealkylation sites (N-methyl/N-ethyl adjacent to an activating group) is 1. The van der Waals surface area contributed by atoms with Gasteiger partial charge in [0.25, 0.3) is 0 Å². The van der Waals surface area contributed by atoms with Crippen LogP contribution in [-0.2, 0) is 18.3 Å². The summed E-state index contributed by atoms with van der Waals surface area (Å²) in [6, 6.07) is -0.495. The normalized spacial score (nSPS) is 20.7. The van der Waals surface area contributed by atoms with Gasteiger partial charge in [-0.3, -0.25) is 9.48 Å². The van der Waals surface area contributed by atoms with E-state index in [1.807, 2.05) is 20.9 Å². The molecule has 2 atom stereocenters. The highest BCUT2D eigenvalue weighted by molar-refractivity contribution is 5.81. The average molecular weight is 332 g/mol. The topological polar surface area (TPSA) is 75.9 Å². The molecule has 1 N–H and O–H groups in total. The molecular formula is C16H21FN6O. The minimum atomic E-state index is -0.455. The first kappa shape index (κ1) is 16.4. The lowest BCUT2D eigenvalue weighted by Gasteiger charge is -2.26. The number of nitrogens with zero attached hydrogens (tertiary/aromatic N) is 5. The van der Waals surface area contributed by atoms with Crippen molar-refractivity contribution in [3.63, 3.8) is 0 Å². The lowest BCUT2D eigenvalue weighted by atomic mass is 10.0. The highest BCUT2D eigenvalue weighted by Crippen LogP contribution is 2.35. The van der Waals surface area contributed by atoms with E-state index in [2.05, 4.69) is 20.4 Å². The van der Waals surface area contributed by atoms with E-state index in [4.69, 9.17) is 0 Å². The summed E-state index contributed by atoms with van der Waals surface area (Å²) in [5.41, 5.74) is 2.29. The molecule has 1 aliphatic heterocycles. The summed E-state index contributed by atoms with van der Waals surface area (Å²) >= 11 is 0. The predicted octanol–water partition coefficient (Wildman–Crippen LogP) is 1.60. The summed E-state index contributed by atoms with van der Waals surface area (Å²) in [5, 5.41) is 7.36. The van der Waals surface area contributed by atoms with E-state index in [1.165, 1.54) is 6.33 Å². The third-order valence-corrected chi connectivity index (χ3v) is 4.70. The second-order valence-corrected chi connectivity index (χ2v) is 6.05. The van der Waals surface area contributed by atoms with Crippen molar-refractivity contribution < 1.29 is 9.18 Å². The van der Waals surface area contributed by atoms with Crippen molar-refractivity contribution >= 4 is 11.7 Å². The number of anilines is 1. The van der Waals surface area contributed by atoms with Crippen molar-refractivity contribution in [3.05, 3.63) is 35.3 Å². The van der Waals surface area contributed by atoms with Gasteiger partial charge in [0.15, 0.2) is 11.6 Å². The van der Waals surface area contributed by atoms with Gasteiger partial charge in [0, 0.05) is 31.8 Å². The Morgan fingerprint density at radius 1 is 1.38 bits per heavy atom. The van der Waals surface area contributed by atoms with Gasteiger partial charge in [-0.1, -0.05) is 6.92 Å². The van der Waals surface area contributed by atoms with Crippen LogP contribution in [0.3, 0.4) is 0 Å². The Bertz CT molecular complexity index is 774. The number of nitrogens with one attached hydrogen (secondary N) is 1. The number of aryl methyl sites for hydroxylation is 2. The Labute approximate surface area is 139 Å². The summed E-state index contributed by atoms with van der Waals surface area (Å²) in [5.74, 6) is -0.309. The van der Waals surface area contributed by atoms with E-state index >= 15 is 0 Å². The molecule has 0 aromatic carbocycles. The fraction of sp³-hybridized carbons (Fsp3) is 0.500. The van der Waals surface area contributed by atoms with Crippen LogP contribution < -0.4 is 5.32 Å². The van der Waals surface area contributed by atoms with Gasteiger partial charge in [0.05, 0.1) is 24.0 Å². The van der Waals surface area contributed by atoms with Gasteiger partial charge in [-0.15, -0.1) is 0 Å². The van der Waals surface area contributed by atoms with Gasteiger partial charge in [-0.2, -0.15) is 5.10 Å². The Balaban J connectivity index is 1.94. The summed E-state index contributed by atoms with van der Waals surface area (Å²) in [4.78, 5) is 21.8. The maximum absolute atomic E-state index is 14.4. The molecule has 128 valence electrons.